The second-order valence-corrected chi connectivity index (χ2v) is 6.80. The van der Waals surface area contributed by atoms with E-state index in [0.29, 0.717) is 5.56 Å². The lowest BCUT2D eigenvalue weighted by molar-refractivity contribution is 0.0631. The molecule has 2 heterocycles. The molecule has 0 spiro atoms. The van der Waals surface area contributed by atoms with Gasteiger partial charge in [0.2, 0.25) is 0 Å². The van der Waals surface area contributed by atoms with Gasteiger partial charge >= 0.3 is 0 Å². The molecular formula is C14H17BrClN3O. The van der Waals surface area contributed by atoms with Crippen molar-refractivity contribution in [3.05, 3.63) is 27.5 Å². The van der Waals surface area contributed by atoms with Crippen molar-refractivity contribution in [1.29, 1.82) is 0 Å². The van der Waals surface area contributed by atoms with Crippen LogP contribution in [0, 0.1) is 5.92 Å². The summed E-state index contributed by atoms with van der Waals surface area (Å²) in [5, 5.41) is 0.276. The van der Waals surface area contributed by atoms with Gasteiger partial charge in [-0.15, -0.1) is 0 Å². The lowest BCUT2D eigenvalue weighted by atomic mass is 10.2. The van der Waals surface area contributed by atoms with Gasteiger partial charge in [-0.2, -0.15) is 0 Å². The number of carbonyl (C=O) groups excluding carboxylic acids is 1. The van der Waals surface area contributed by atoms with E-state index in [1.807, 2.05) is 4.90 Å². The van der Waals surface area contributed by atoms with Crippen molar-refractivity contribution in [2.24, 2.45) is 5.92 Å². The average Bonchev–Trinajstić information content (AvgIpc) is 3.26. The fourth-order valence-electron chi connectivity index (χ4n) is 2.54. The summed E-state index contributed by atoms with van der Waals surface area (Å²) in [7, 11) is 0. The first-order valence-electron chi connectivity index (χ1n) is 6.96. The maximum atomic E-state index is 12.5. The number of nitrogens with zero attached hydrogens (tertiary/aromatic N) is 3. The molecule has 108 valence electrons. The fraction of sp³-hybridized carbons (Fsp3) is 0.571. The molecule has 4 nitrogen and oxygen atoms in total. The number of halogens is 2. The monoisotopic (exact) mass is 357 g/mol. The highest BCUT2D eigenvalue weighted by Crippen LogP contribution is 2.30. The Morgan fingerprint density at radius 3 is 2.70 bits per heavy atom. The third-order valence-corrected chi connectivity index (χ3v) is 4.64. The van der Waals surface area contributed by atoms with Crippen molar-refractivity contribution in [3.63, 3.8) is 0 Å². The van der Waals surface area contributed by atoms with Gasteiger partial charge in [0.15, 0.2) is 0 Å². The summed E-state index contributed by atoms with van der Waals surface area (Å²) < 4.78 is 0.776. The number of pyridine rings is 1. The summed E-state index contributed by atoms with van der Waals surface area (Å²) in [5.74, 6) is 0.885. The summed E-state index contributed by atoms with van der Waals surface area (Å²) in [6, 6.07) is 1.74. The number of rotatable bonds is 3. The second kappa shape index (κ2) is 6.00. The van der Waals surface area contributed by atoms with Crippen LogP contribution >= 0.6 is 27.5 Å². The number of hydrogen-bond donors (Lipinski definition) is 0. The lowest BCUT2D eigenvalue weighted by Gasteiger charge is -2.34. The summed E-state index contributed by atoms with van der Waals surface area (Å²) in [4.78, 5) is 20.8. The van der Waals surface area contributed by atoms with Crippen molar-refractivity contribution >= 4 is 33.4 Å². The van der Waals surface area contributed by atoms with Crippen LogP contribution in [0.5, 0.6) is 0 Å². The third kappa shape index (κ3) is 3.32. The van der Waals surface area contributed by atoms with Crippen molar-refractivity contribution in [1.82, 2.24) is 14.8 Å². The first-order valence-corrected chi connectivity index (χ1v) is 8.13. The van der Waals surface area contributed by atoms with Crippen LogP contribution in [0.25, 0.3) is 0 Å². The fourth-order valence-corrected chi connectivity index (χ4v) is 3.06. The van der Waals surface area contributed by atoms with Crippen LogP contribution in [-0.2, 0) is 0 Å². The lowest BCUT2D eigenvalue weighted by Crippen LogP contribution is -2.49. The molecule has 0 N–H and O–H groups in total. The van der Waals surface area contributed by atoms with Gasteiger partial charge < -0.3 is 4.90 Å². The normalized spacial score (nSPS) is 20.2. The Morgan fingerprint density at radius 1 is 1.35 bits per heavy atom. The summed E-state index contributed by atoms with van der Waals surface area (Å²) in [6.07, 6.45) is 4.35. The van der Waals surface area contributed by atoms with Gasteiger partial charge in [-0.25, -0.2) is 4.98 Å². The molecule has 1 saturated carbocycles. The third-order valence-electron chi connectivity index (χ3n) is 3.91. The number of hydrogen-bond acceptors (Lipinski definition) is 3. The Morgan fingerprint density at radius 2 is 2.05 bits per heavy atom. The van der Waals surface area contributed by atoms with Gasteiger partial charge in [0.1, 0.15) is 5.15 Å². The number of piperazine rings is 1. The van der Waals surface area contributed by atoms with Crippen LogP contribution in [0.3, 0.4) is 0 Å². The molecule has 0 atom stereocenters. The standard InChI is InChI=1S/C14H17BrClN3O/c15-11-7-12(13(16)17-8-11)14(20)19-5-3-18(4-6-19)9-10-1-2-10/h7-8,10H,1-6,9H2. The molecule has 1 amide bonds. The molecule has 2 fully saturated rings. The van der Waals surface area contributed by atoms with Crippen LogP contribution < -0.4 is 0 Å². The predicted octanol–water partition coefficient (Wildman–Crippen LogP) is 2.67. The van der Waals surface area contributed by atoms with E-state index in [1.165, 1.54) is 19.4 Å². The zero-order valence-corrected chi connectivity index (χ0v) is 13.5. The molecule has 1 aliphatic heterocycles. The Hall–Kier alpha value is -0.650. The van der Waals surface area contributed by atoms with Crippen LogP contribution in [-0.4, -0.2) is 53.4 Å². The molecule has 0 unspecified atom stereocenters. The van der Waals surface area contributed by atoms with Gasteiger partial charge in [-0.3, -0.25) is 9.69 Å². The first kappa shape index (κ1) is 14.3. The van der Waals surface area contributed by atoms with Gasteiger partial charge in [0.05, 0.1) is 5.56 Å². The number of amides is 1. The maximum Gasteiger partial charge on any atom is 0.257 e. The van der Waals surface area contributed by atoms with E-state index >= 15 is 0 Å². The molecule has 2 aliphatic rings. The highest BCUT2D eigenvalue weighted by atomic mass is 79.9. The van der Waals surface area contributed by atoms with E-state index in [-0.39, 0.29) is 11.1 Å². The molecule has 1 aromatic heterocycles. The molecule has 0 bridgehead atoms. The topological polar surface area (TPSA) is 36.4 Å². The zero-order chi connectivity index (χ0) is 14.1. The van der Waals surface area contributed by atoms with Crippen LogP contribution in [0.15, 0.2) is 16.7 Å². The molecule has 0 radical (unpaired) electrons. The Balaban J connectivity index is 1.61. The quantitative estimate of drug-likeness (QED) is 0.780. The summed E-state index contributed by atoms with van der Waals surface area (Å²) >= 11 is 9.36. The summed E-state index contributed by atoms with van der Waals surface area (Å²) in [6.45, 7) is 4.66. The minimum atomic E-state index is -0.0186. The van der Waals surface area contributed by atoms with E-state index < -0.39 is 0 Å². The van der Waals surface area contributed by atoms with Gasteiger partial charge in [0.25, 0.3) is 5.91 Å². The minimum Gasteiger partial charge on any atom is -0.336 e. The van der Waals surface area contributed by atoms with Crippen molar-refractivity contribution in [2.45, 2.75) is 12.8 Å². The van der Waals surface area contributed by atoms with E-state index in [4.69, 9.17) is 11.6 Å². The zero-order valence-electron chi connectivity index (χ0n) is 11.2. The SMILES string of the molecule is O=C(c1cc(Br)cnc1Cl)N1CCN(CC2CC2)CC1. The molecule has 3 rings (SSSR count). The highest BCUT2D eigenvalue weighted by molar-refractivity contribution is 9.10. The molecule has 20 heavy (non-hydrogen) atoms. The van der Waals surface area contributed by atoms with Crippen molar-refractivity contribution in [2.75, 3.05) is 32.7 Å². The Labute approximate surface area is 132 Å². The summed E-state index contributed by atoms with van der Waals surface area (Å²) in [5.41, 5.74) is 0.483. The largest absolute Gasteiger partial charge is 0.336 e. The van der Waals surface area contributed by atoms with Gasteiger partial charge in [-0.1, -0.05) is 11.6 Å². The molecule has 1 saturated heterocycles. The van der Waals surface area contributed by atoms with Crippen molar-refractivity contribution in [3.8, 4) is 0 Å². The van der Waals surface area contributed by atoms with Gasteiger partial charge in [0, 0.05) is 43.4 Å². The molecule has 1 aromatic rings. The molecule has 0 aromatic carbocycles. The highest BCUT2D eigenvalue weighted by Gasteiger charge is 2.28. The van der Waals surface area contributed by atoms with E-state index in [2.05, 4.69) is 25.8 Å². The maximum absolute atomic E-state index is 12.5. The van der Waals surface area contributed by atoms with Crippen LogP contribution in [0.4, 0.5) is 0 Å². The first-order chi connectivity index (χ1) is 9.63. The minimum absolute atomic E-state index is 0.0186. The van der Waals surface area contributed by atoms with Gasteiger partial charge in [-0.05, 0) is 40.8 Å². The smallest absolute Gasteiger partial charge is 0.257 e. The molecular weight excluding hydrogens is 342 g/mol. The second-order valence-electron chi connectivity index (χ2n) is 5.53. The van der Waals surface area contributed by atoms with Crippen LogP contribution in [0.2, 0.25) is 5.15 Å². The van der Waals surface area contributed by atoms with E-state index in [9.17, 15) is 4.79 Å². The molecule has 1 aliphatic carbocycles. The van der Waals surface area contributed by atoms with E-state index in [1.54, 1.807) is 12.3 Å². The van der Waals surface area contributed by atoms with E-state index in [0.717, 1.165) is 36.6 Å². The van der Waals surface area contributed by atoms with Crippen LogP contribution in [0.1, 0.15) is 23.2 Å². The van der Waals surface area contributed by atoms with Crippen molar-refractivity contribution < 1.29 is 4.79 Å². The Kier molecular flexibility index (Phi) is 4.29. The average molecular weight is 359 g/mol. The predicted molar refractivity (Wildman–Crippen MR) is 82.0 cm³/mol. The Bertz CT molecular complexity index is 513. The molecule has 6 heteroatoms. The number of carbonyl (C=O) groups is 1. The number of aromatic nitrogens is 1.